The predicted molar refractivity (Wildman–Crippen MR) is 97.9 cm³/mol. The number of nitrogens with zero attached hydrogens (tertiary/aromatic N) is 3. The summed E-state index contributed by atoms with van der Waals surface area (Å²) in [6.07, 6.45) is 3.87. The highest BCUT2D eigenvalue weighted by molar-refractivity contribution is 5.88. The average molecular weight is 343 g/mol. The molecule has 7 heteroatoms. The van der Waals surface area contributed by atoms with E-state index in [9.17, 15) is 4.79 Å². The number of ether oxygens (including phenoxy) is 1. The number of rotatable bonds is 6. The molecule has 1 saturated heterocycles. The molecule has 0 radical (unpaired) electrons. The highest BCUT2D eigenvalue weighted by Gasteiger charge is 2.21. The van der Waals surface area contributed by atoms with Crippen LogP contribution in [0.5, 0.6) is 0 Å². The summed E-state index contributed by atoms with van der Waals surface area (Å²) < 4.78 is 6.76. The quantitative estimate of drug-likeness (QED) is 0.844. The van der Waals surface area contributed by atoms with Gasteiger partial charge in [-0.1, -0.05) is 18.2 Å². The van der Waals surface area contributed by atoms with Crippen LogP contribution in [0.25, 0.3) is 0 Å². The molecule has 2 aromatic rings. The maximum atomic E-state index is 12.2. The number of nitrogens with one attached hydrogen (secondary N) is 2. The summed E-state index contributed by atoms with van der Waals surface area (Å²) in [5, 5.41) is 10.2. The lowest BCUT2D eigenvalue weighted by atomic mass is 10.1. The van der Waals surface area contributed by atoms with E-state index in [-0.39, 0.29) is 12.1 Å². The number of anilines is 2. The van der Waals surface area contributed by atoms with Gasteiger partial charge in [-0.3, -0.25) is 10.00 Å². The number of benzene rings is 1. The van der Waals surface area contributed by atoms with Gasteiger partial charge in [0.2, 0.25) is 0 Å². The summed E-state index contributed by atoms with van der Waals surface area (Å²) in [6.45, 7) is 3.09. The predicted octanol–water partition coefficient (Wildman–Crippen LogP) is 2.32. The first kappa shape index (κ1) is 17.3. The number of methoxy groups -OCH3 is 1. The van der Waals surface area contributed by atoms with Crippen molar-refractivity contribution in [3.63, 3.8) is 0 Å². The Labute approximate surface area is 148 Å². The van der Waals surface area contributed by atoms with Crippen LogP contribution in [0.1, 0.15) is 12.8 Å². The van der Waals surface area contributed by atoms with Gasteiger partial charge in [0.15, 0.2) is 5.82 Å². The van der Waals surface area contributed by atoms with Crippen molar-refractivity contribution in [3.8, 4) is 0 Å². The van der Waals surface area contributed by atoms with E-state index in [0.717, 1.165) is 25.9 Å². The normalized spacial score (nSPS) is 17.3. The highest BCUT2D eigenvalue weighted by Crippen LogP contribution is 2.19. The molecule has 3 rings (SSSR count). The van der Waals surface area contributed by atoms with Gasteiger partial charge >= 0.3 is 6.03 Å². The van der Waals surface area contributed by atoms with Gasteiger partial charge in [0, 0.05) is 44.2 Å². The molecule has 1 atom stereocenters. The summed E-state index contributed by atoms with van der Waals surface area (Å²) in [5.74, 6) is 0.546. The van der Waals surface area contributed by atoms with Crippen molar-refractivity contribution in [2.75, 3.05) is 37.0 Å². The third kappa shape index (κ3) is 4.96. The molecule has 1 aromatic carbocycles. The Hall–Kier alpha value is -2.54. The largest absolute Gasteiger partial charge is 0.383 e. The van der Waals surface area contributed by atoms with E-state index >= 15 is 0 Å². The Morgan fingerprint density at radius 3 is 2.96 bits per heavy atom. The van der Waals surface area contributed by atoms with E-state index in [0.29, 0.717) is 19.0 Å². The highest BCUT2D eigenvalue weighted by atomic mass is 16.5. The fourth-order valence-electron chi connectivity index (χ4n) is 3.04. The lowest BCUT2D eigenvalue weighted by molar-refractivity contribution is 0.183. The summed E-state index contributed by atoms with van der Waals surface area (Å²) in [7, 11) is 1.65. The molecule has 1 aliphatic rings. The van der Waals surface area contributed by atoms with Gasteiger partial charge in [-0.2, -0.15) is 5.10 Å². The van der Waals surface area contributed by atoms with Crippen molar-refractivity contribution in [2.24, 2.45) is 0 Å². The second-order valence-electron chi connectivity index (χ2n) is 6.18. The minimum absolute atomic E-state index is 0.129. The zero-order valence-corrected chi connectivity index (χ0v) is 14.5. The number of carbonyl (C=O) groups excluding carboxylic acids is 1. The second kappa shape index (κ2) is 8.53. The molecule has 2 heterocycles. The first-order valence-corrected chi connectivity index (χ1v) is 8.64. The van der Waals surface area contributed by atoms with Gasteiger partial charge in [0.1, 0.15) is 0 Å². The zero-order valence-electron chi connectivity index (χ0n) is 14.5. The standard InChI is InChI=1S/C18H25N5O2/c1-25-13-12-23-11-9-17(21-23)20-18(24)19-15-6-5-10-22(14-15)16-7-3-2-4-8-16/h2-4,7-9,11,15H,5-6,10,12-14H2,1H3,(H2,19,20,21,24)/t15-/m0/s1. The fourth-order valence-corrected chi connectivity index (χ4v) is 3.04. The van der Waals surface area contributed by atoms with E-state index < -0.39 is 0 Å². The zero-order chi connectivity index (χ0) is 17.5. The SMILES string of the molecule is COCCn1ccc(NC(=O)N[C@H]2CCCN(c3ccccc3)C2)n1. The van der Waals surface area contributed by atoms with Crippen molar-refractivity contribution in [1.82, 2.24) is 15.1 Å². The lowest BCUT2D eigenvalue weighted by Crippen LogP contribution is -2.49. The van der Waals surface area contributed by atoms with Crippen LogP contribution in [0.2, 0.25) is 0 Å². The molecular formula is C18H25N5O2. The molecule has 1 fully saturated rings. The first-order chi connectivity index (χ1) is 12.2. The van der Waals surface area contributed by atoms with Gasteiger partial charge in [-0.05, 0) is 25.0 Å². The van der Waals surface area contributed by atoms with Crippen molar-refractivity contribution >= 4 is 17.5 Å². The number of para-hydroxylation sites is 1. The third-order valence-corrected chi connectivity index (χ3v) is 4.28. The molecular weight excluding hydrogens is 318 g/mol. The molecule has 0 spiro atoms. The Bertz CT molecular complexity index is 673. The maximum Gasteiger partial charge on any atom is 0.320 e. The van der Waals surface area contributed by atoms with Gasteiger partial charge in [0.05, 0.1) is 13.2 Å². The third-order valence-electron chi connectivity index (χ3n) is 4.28. The number of hydrogen-bond donors (Lipinski definition) is 2. The monoisotopic (exact) mass is 343 g/mol. The Kier molecular flexibility index (Phi) is 5.90. The van der Waals surface area contributed by atoms with E-state index in [2.05, 4.69) is 32.8 Å². The van der Waals surface area contributed by atoms with Crippen LogP contribution >= 0.6 is 0 Å². The van der Waals surface area contributed by atoms with Crippen molar-refractivity contribution < 1.29 is 9.53 Å². The molecule has 2 amide bonds. The number of hydrogen-bond acceptors (Lipinski definition) is 4. The molecule has 1 aliphatic heterocycles. The van der Waals surface area contributed by atoms with E-state index in [1.54, 1.807) is 17.9 Å². The lowest BCUT2D eigenvalue weighted by Gasteiger charge is -2.34. The molecule has 0 bridgehead atoms. The maximum absolute atomic E-state index is 12.2. The van der Waals surface area contributed by atoms with Gasteiger partial charge < -0.3 is 15.0 Å². The van der Waals surface area contributed by atoms with Gasteiger partial charge in [0.25, 0.3) is 0 Å². The van der Waals surface area contributed by atoms with E-state index in [4.69, 9.17) is 4.74 Å². The number of urea groups is 1. The Balaban J connectivity index is 1.49. The molecule has 0 saturated carbocycles. The molecule has 2 N–H and O–H groups in total. The Morgan fingerprint density at radius 2 is 2.16 bits per heavy atom. The molecule has 7 nitrogen and oxygen atoms in total. The van der Waals surface area contributed by atoms with Crippen LogP contribution in [0, 0.1) is 0 Å². The minimum atomic E-state index is -0.211. The molecule has 1 aromatic heterocycles. The minimum Gasteiger partial charge on any atom is -0.383 e. The van der Waals surface area contributed by atoms with Crippen LogP contribution in [0.3, 0.4) is 0 Å². The van der Waals surface area contributed by atoms with E-state index in [1.165, 1.54) is 5.69 Å². The van der Waals surface area contributed by atoms with Gasteiger partial charge in [-0.25, -0.2) is 4.79 Å². The summed E-state index contributed by atoms with van der Waals surface area (Å²) in [5.41, 5.74) is 1.20. The van der Waals surface area contributed by atoms with Crippen molar-refractivity contribution in [2.45, 2.75) is 25.4 Å². The second-order valence-corrected chi connectivity index (χ2v) is 6.18. The van der Waals surface area contributed by atoms with Crippen LogP contribution in [-0.4, -0.2) is 48.7 Å². The Morgan fingerprint density at radius 1 is 1.32 bits per heavy atom. The van der Waals surface area contributed by atoms with Crippen molar-refractivity contribution in [1.29, 1.82) is 0 Å². The molecule has 134 valence electrons. The van der Waals surface area contributed by atoms with Gasteiger partial charge in [-0.15, -0.1) is 0 Å². The summed E-state index contributed by atoms with van der Waals surface area (Å²) in [6, 6.07) is 12.0. The number of carbonyl (C=O) groups is 1. The van der Waals surface area contributed by atoms with Crippen LogP contribution in [0.4, 0.5) is 16.3 Å². The fraction of sp³-hybridized carbons (Fsp3) is 0.444. The summed E-state index contributed by atoms with van der Waals surface area (Å²) in [4.78, 5) is 14.5. The topological polar surface area (TPSA) is 71.4 Å². The molecule has 25 heavy (non-hydrogen) atoms. The van der Waals surface area contributed by atoms with Crippen LogP contribution in [-0.2, 0) is 11.3 Å². The van der Waals surface area contributed by atoms with Crippen LogP contribution in [0.15, 0.2) is 42.6 Å². The summed E-state index contributed by atoms with van der Waals surface area (Å²) >= 11 is 0. The number of piperidine rings is 1. The number of amides is 2. The smallest absolute Gasteiger partial charge is 0.320 e. The van der Waals surface area contributed by atoms with Crippen LogP contribution < -0.4 is 15.5 Å². The number of aromatic nitrogens is 2. The van der Waals surface area contributed by atoms with Crippen molar-refractivity contribution in [3.05, 3.63) is 42.6 Å². The molecule has 0 unspecified atom stereocenters. The first-order valence-electron chi connectivity index (χ1n) is 8.64. The average Bonchev–Trinajstić information content (AvgIpc) is 3.08. The van der Waals surface area contributed by atoms with E-state index in [1.807, 2.05) is 24.4 Å². The molecule has 0 aliphatic carbocycles.